The van der Waals surface area contributed by atoms with Crippen molar-refractivity contribution in [1.29, 1.82) is 0 Å². The molecule has 1 atom stereocenters. The van der Waals surface area contributed by atoms with Crippen LogP contribution >= 0.6 is 0 Å². The maximum absolute atomic E-state index is 4.84. The van der Waals surface area contributed by atoms with Crippen molar-refractivity contribution in [3.63, 3.8) is 0 Å². The van der Waals surface area contributed by atoms with Gasteiger partial charge in [-0.05, 0) is 37.3 Å². The van der Waals surface area contributed by atoms with E-state index in [-0.39, 0.29) is 0 Å². The molecule has 2 aliphatic rings. The molecular formula is C20H32N3+. The first kappa shape index (κ1) is 17.7. The average Bonchev–Trinajstić information content (AvgIpc) is 2.52. The average molecular weight is 314 g/mol. The van der Waals surface area contributed by atoms with Crippen molar-refractivity contribution in [3.05, 3.63) is 47.9 Å². The molecule has 1 fully saturated rings. The Balaban J connectivity index is 2.44. The molecule has 0 spiro atoms. The van der Waals surface area contributed by atoms with Gasteiger partial charge in [0.05, 0.1) is 27.2 Å². The molecule has 2 rings (SSSR count). The molecule has 3 nitrogen and oxygen atoms in total. The van der Waals surface area contributed by atoms with E-state index in [0.29, 0.717) is 6.04 Å². The highest BCUT2D eigenvalue weighted by atomic mass is 15.4. The fourth-order valence-electron chi connectivity index (χ4n) is 3.25. The zero-order chi connectivity index (χ0) is 16.9. The van der Waals surface area contributed by atoms with Crippen molar-refractivity contribution < 1.29 is 4.48 Å². The van der Waals surface area contributed by atoms with Crippen molar-refractivity contribution in [1.82, 2.24) is 4.90 Å². The van der Waals surface area contributed by atoms with Crippen LogP contribution in [0.2, 0.25) is 0 Å². The van der Waals surface area contributed by atoms with Crippen LogP contribution < -0.4 is 0 Å². The standard InChI is InChI=1S/C20H32N3/c1-6-13-21-20-18(3)12-10-8-7-9-11-17(2)19-16-23(4,5)15-14-22(19)20/h7-9,11,13,19H,2,6,10,12,14-16H2,1,3-5H3/q+1/b8-7-,11-9-,20-18-,21-13-. The lowest BCUT2D eigenvalue weighted by Gasteiger charge is -2.46. The van der Waals surface area contributed by atoms with Gasteiger partial charge >= 0.3 is 0 Å². The Kier molecular flexibility index (Phi) is 6.00. The minimum atomic E-state index is 0.320. The van der Waals surface area contributed by atoms with E-state index in [4.69, 9.17) is 4.99 Å². The molecule has 0 aromatic rings. The summed E-state index contributed by atoms with van der Waals surface area (Å²) in [7, 11) is 4.62. The molecule has 2 aliphatic heterocycles. The van der Waals surface area contributed by atoms with Gasteiger partial charge in [0.25, 0.3) is 0 Å². The van der Waals surface area contributed by atoms with Gasteiger partial charge in [-0.25, -0.2) is 4.99 Å². The first-order valence-electron chi connectivity index (χ1n) is 8.77. The molecule has 0 saturated carbocycles. The van der Waals surface area contributed by atoms with E-state index in [1.807, 2.05) is 6.21 Å². The number of rotatable bonds is 2. The van der Waals surface area contributed by atoms with E-state index >= 15 is 0 Å². The Hall–Kier alpha value is -1.61. The predicted molar refractivity (Wildman–Crippen MR) is 100 cm³/mol. The normalized spacial score (nSPS) is 31.6. The monoisotopic (exact) mass is 314 g/mol. The van der Waals surface area contributed by atoms with E-state index in [9.17, 15) is 0 Å². The number of aliphatic imine (C=N–C) groups is 1. The van der Waals surface area contributed by atoms with Crippen LogP contribution in [0.3, 0.4) is 0 Å². The lowest BCUT2D eigenvalue weighted by atomic mass is 10.0. The molecule has 1 saturated heterocycles. The summed E-state index contributed by atoms with van der Waals surface area (Å²) in [6, 6.07) is 0.320. The maximum Gasteiger partial charge on any atom is 0.127 e. The van der Waals surface area contributed by atoms with Crippen LogP contribution in [0.25, 0.3) is 0 Å². The molecule has 2 heterocycles. The molecule has 23 heavy (non-hydrogen) atoms. The molecule has 0 amide bonds. The molecule has 126 valence electrons. The highest BCUT2D eigenvalue weighted by molar-refractivity contribution is 5.58. The quantitative estimate of drug-likeness (QED) is 0.557. The van der Waals surface area contributed by atoms with Crippen LogP contribution in [0.1, 0.15) is 33.1 Å². The van der Waals surface area contributed by atoms with Gasteiger partial charge in [-0.15, -0.1) is 0 Å². The van der Waals surface area contributed by atoms with Crippen molar-refractivity contribution in [2.24, 2.45) is 4.99 Å². The van der Waals surface area contributed by atoms with Crippen LogP contribution in [0.15, 0.2) is 52.8 Å². The topological polar surface area (TPSA) is 15.6 Å². The molecule has 0 aliphatic carbocycles. The zero-order valence-electron chi connectivity index (χ0n) is 15.3. The van der Waals surface area contributed by atoms with Crippen molar-refractivity contribution in [2.45, 2.75) is 39.2 Å². The Bertz CT molecular complexity index is 549. The van der Waals surface area contributed by atoms with Gasteiger partial charge in [-0.1, -0.05) is 37.8 Å². The van der Waals surface area contributed by atoms with Crippen molar-refractivity contribution in [2.75, 3.05) is 33.7 Å². The SMILES string of the molecule is C=C1/C=C\C=C/CC/C(C)=C(/N=C\CC)N2CC[N+](C)(C)CC12. The molecule has 1 unspecified atom stereocenters. The lowest BCUT2D eigenvalue weighted by molar-refractivity contribution is -0.896. The Morgan fingerprint density at radius 3 is 2.91 bits per heavy atom. The second kappa shape index (κ2) is 7.78. The third-order valence-electron chi connectivity index (χ3n) is 4.71. The predicted octanol–water partition coefficient (Wildman–Crippen LogP) is 3.92. The van der Waals surface area contributed by atoms with Gasteiger partial charge in [0.1, 0.15) is 18.4 Å². The van der Waals surface area contributed by atoms with Gasteiger partial charge in [-0.3, -0.25) is 0 Å². The van der Waals surface area contributed by atoms with E-state index < -0.39 is 0 Å². The van der Waals surface area contributed by atoms with E-state index in [0.717, 1.165) is 43.4 Å². The van der Waals surface area contributed by atoms with Crippen LogP contribution in [-0.2, 0) is 0 Å². The second-order valence-electron chi connectivity index (χ2n) is 7.28. The fraction of sp³-hybridized carbons (Fsp3) is 0.550. The summed E-state index contributed by atoms with van der Waals surface area (Å²) in [5.41, 5.74) is 2.56. The van der Waals surface area contributed by atoms with Gasteiger partial charge in [0.15, 0.2) is 0 Å². The summed E-state index contributed by atoms with van der Waals surface area (Å²) in [6.45, 7) is 12.0. The first-order valence-corrected chi connectivity index (χ1v) is 8.77. The number of fused-ring (bicyclic) bond motifs is 1. The largest absolute Gasteiger partial charge is 0.338 e. The third kappa shape index (κ3) is 4.68. The minimum Gasteiger partial charge on any atom is -0.338 e. The summed E-state index contributed by atoms with van der Waals surface area (Å²) < 4.78 is 1.04. The maximum atomic E-state index is 4.84. The van der Waals surface area contributed by atoms with Gasteiger partial charge in [0, 0.05) is 6.21 Å². The van der Waals surface area contributed by atoms with Crippen LogP contribution in [0, 0.1) is 0 Å². The number of nitrogens with zero attached hydrogens (tertiary/aromatic N) is 3. The van der Waals surface area contributed by atoms with Crippen LogP contribution in [0.4, 0.5) is 0 Å². The summed E-state index contributed by atoms with van der Waals surface area (Å²) >= 11 is 0. The Morgan fingerprint density at radius 1 is 1.39 bits per heavy atom. The number of likely N-dealkylation sites (N-methyl/N-ethyl adjacent to an activating group) is 1. The molecule has 3 heteroatoms. The zero-order valence-corrected chi connectivity index (χ0v) is 15.3. The molecular weight excluding hydrogens is 282 g/mol. The van der Waals surface area contributed by atoms with Crippen LogP contribution in [-0.4, -0.2) is 55.4 Å². The van der Waals surface area contributed by atoms with E-state index in [1.165, 1.54) is 17.0 Å². The fourth-order valence-corrected chi connectivity index (χ4v) is 3.25. The minimum absolute atomic E-state index is 0.320. The number of hydrogen-bond acceptors (Lipinski definition) is 2. The third-order valence-corrected chi connectivity index (χ3v) is 4.71. The molecule has 0 radical (unpaired) electrons. The molecule has 0 aromatic carbocycles. The van der Waals surface area contributed by atoms with Gasteiger partial charge < -0.3 is 9.38 Å². The lowest BCUT2D eigenvalue weighted by Crippen LogP contribution is -2.59. The highest BCUT2D eigenvalue weighted by Gasteiger charge is 2.35. The smallest absolute Gasteiger partial charge is 0.127 e. The van der Waals surface area contributed by atoms with Gasteiger partial charge in [0.2, 0.25) is 0 Å². The van der Waals surface area contributed by atoms with E-state index in [2.05, 4.69) is 63.7 Å². The number of allylic oxidation sites excluding steroid dienone is 4. The number of piperazine rings is 1. The second-order valence-corrected chi connectivity index (χ2v) is 7.28. The Labute approximate surface area is 142 Å². The Morgan fingerprint density at radius 2 is 2.17 bits per heavy atom. The molecule has 0 aromatic heterocycles. The highest BCUT2D eigenvalue weighted by Crippen LogP contribution is 2.28. The van der Waals surface area contributed by atoms with Crippen molar-refractivity contribution in [3.8, 4) is 0 Å². The van der Waals surface area contributed by atoms with Gasteiger partial charge in [-0.2, -0.15) is 0 Å². The van der Waals surface area contributed by atoms with Crippen molar-refractivity contribution >= 4 is 6.21 Å². The summed E-state index contributed by atoms with van der Waals surface area (Å²) in [5.74, 6) is 1.17. The van der Waals surface area contributed by atoms with Crippen LogP contribution in [0.5, 0.6) is 0 Å². The summed E-state index contributed by atoms with van der Waals surface area (Å²) in [6.07, 6.45) is 13.8. The molecule has 0 N–H and O–H groups in total. The molecule has 0 bridgehead atoms. The summed E-state index contributed by atoms with van der Waals surface area (Å²) in [5, 5.41) is 0. The number of hydrogen-bond donors (Lipinski definition) is 0. The number of quaternary nitrogens is 1. The first-order chi connectivity index (χ1) is 10.9. The summed E-state index contributed by atoms with van der Waals surface area (Å²) in [4.78, 5) is 7.33. The van der Waals surface area contributed by atoms with E-state index in [1.54, 1.807) is 0 Å².